The monoisotopic (exact) mass is 305 g/mol. The molecule has 1 aromatic carbocycles. The molecule has 1 aromatic rings. The van der Waals surface area contributed by atoms with Crippen molar-refractivity contribution in [2.45, 2.75) is 13.8 Å². The Balaban J connectivity index is 2.97. The fourth-order valence-electron chi connectivity index (χ4n) is 1.26. The van der Waals surface area contributed by atoms with Crippen molar-refractivity contribution in [3.05, 3.63) is 27.7 Å². The van der Waals surface area contributed by atoms with E-state index >= 15 is 0 Å². The molecule has 0 aliphatic rings. The van der Waals surface area contributed by atoms with Crippen LogP contribution < -0.4 is 5.32 Å². The zero-order chi connectivity index (χ0) is 14.6. The molecule has 0 saturated heterocycles. The molecule has 2 N–H and O–H groups in total. The highest BCUT2D eigenvalue weighted by Crippen LogP contribution is 2.32. The number of carboxylic acid groups (broad SMARTS) is 1. The molecule has 7 heteroatoms. The maximum atomic E-state index is 11.5. The van der Waals surface area contributed by atoms with Crippen LogP contribution in [0.25, 0.3) is 0 Å². The van der Waals surface area contributed by atoms with Gasteiger partial charge in [0.25, 0.3) is 0 Å². The summed E-state index contributed by atoms with van der Waals surface area (Å²) in [5.41, 5.74) is -0.342. The van der Waals surface area contributed by atoms with E-state index in [1.807, 2.05) is 13.8 Å². The molecule has 0 unspecified atom stereocenters. The zero-order valence-electron chi connectivity index (χ0n) is 10.4. The summed E-state index contributed by atoms with van der Waals surface area (Å²) in [4.78, 5) is 22.6. The van der Waals surface area contributed by atoms with Crippen molar-refractivity contribution in [3.8, 4) is 0 Å². The van der Waals surface area contributed by atoms with Gasteiger partial charge in [-0.3, -0.25) is 5.32 Å². The summed E-state index contributed by atoms with van der Waals surface area (Å²) in [5, 5.41) is 11.4. The lowest BCUT2D eigenvalue weighted by atomic mass is 10.2. The molecule has 0 aliphatic heterocycles. The van der Waals surface area contributed by atoms with Crippen LogP contribution in [0.5, 0.6) is 0 Å². The van der Waals surface area contributed by atoms with Crippen LogP contribution in [0.3, 0.4) is 0 Å². The number of hydrogen-bond donors (Lipinski definition) is 2. The van der Waals surface area contributed by atoms with Gasteiger partial charge in [0.1, 0.15) is 5.56 Å². The number of hydrogen-bond acceptors (Lipinski definition) is 3. The Morgan fingerprint density at radius 3 is 2.42 bits per heavy atom. The van der Waals surface area contributed by atoms with Gasteiger partial charge in [0.2, 0.25) is 0 Å². The Hall–Kier alpha value is -1.46. The summed E-state index contributed by atoms with van der Waals surface area (Å²) in [6.45, 7) is 3.97. The lowest BCUT2D eigenvalue weighted by molar-refractivity contribution is 0.0698. The van der Waals surface area contributed by atoms with Gasteiger partial charge in [0, 0.05) is 0 Å². The van der Waals surface area contributed by atoms with Gasteiger partial charge in [-0.15, -0.1) is 0 Å². The predicted molar refractivity (Wildman–Crippen MR) is 73.2 cm³/mol. The molecule has 19 heavy (non-hydrogen) atoms. The first-order valence-electron chi connectivity index (χ1n) is 5.48. The number of carbonyl (C=O) groups excluding carboxylic acids is 1. The first kappa shape index (κ1) is 15.6. The van der Waals surface area contributed by atoms with Crippen molar-refractivity contribution in [2.24, 2.45) is 5.92 Å². The highest BCUT2D eigenvalue weighted by atomic mass is 35.5. The number of aromatic carboxylic acids is 1. The second kappa shape index (κ2) is 6.63. The van der Waals surface area contributed by atoms with Gasteiger partial charge in [0.05, 0.1) is 22.3 Å². The third-order valence-corrected chi connectivity index (χ3v) is 2.72. The van der Waals surface area contributed by atoms with Crippen LogP contribution in [0.4, 0.5) is 10.5 Å². The number of carboxylic acids is 1. The first-order valence-corrected chi connectivity index (χ1v) is 6.23. The first-order chi connectivity index (χ1) is 8.82. The summed E-state index contributed by atoms with van der Waals surface area (Å²) >= 11 is 11.6. The fourth-order valence-corrected chi connectivity index (χ4v) is 1.71. The van der Waals surface area contributed by atoms with Gasteiger partial charge in [-0.25, -0.2) is 9.59 Å². The van der Waals surface area contributed by atoms with E-state index in [9.17, 15) is 9.59 Å². The van der Waals surface area contributed by atoms with E-state index in [2.05, 4.69) is 5.32 Å². The number of benzene rings is 1. The molecule has 0 aromatic heterocycles. The highest BCUT2D eigenvalue weighted by Gasteiger charge is 2.20. The molecule has 1 amide bonds. The second-order valence-corrected chi connectivity index (χ2v) is 5.02. The van der Waals surface area contributed by atoms with Crippen molar-refractivity contribution in [1.82, 2.24) is 0 Å². The van der Waals surface area contributed by atoms with Crippen LogP contribution in [-0.4, -0.2) is 23.8 Å². The van der Waals surface area contributed by atoms with Gasteiger partial charge >= 0.3 is 12.1 Å². The molecule has 104 valence electrons. The molecule has 0 fully saturated rings. The normalized spacial score (nSPS) is 10.4. The third kappa shape index (κ3) is 4.29. The van der Waals surface area contributed by atoms with Crippen molar-refractivity contribution in [3.63, 3.8) is 0 Å². The summed E-state index contributed by atoms with van der Waals surface area (Å²) in [7, 11) is 0. The molecule has 0 atom stereocenters. The van der Waals surface area contributed by atoms with Crippen molar-refractivity contribution < 1.29 is 19.4 Å². The molecule has 0 spiro atoms. The van der Waals surface area contributed by atoms with Gasteiger partial charge in [-0.2, -0.15) is 0 Å². The average Bonchev–Trinajstić information content (AvgIpc) is 2.31. The van der Waals surface area contributed by atoms with E-state index in [0.717, 1.165) is 0 Å². The summed E-state index contributed by atoms with van der Waals surface area (Å²) < 4.78 is 4.89. The van der Waals surface area contributed by atoms with Crippen LogP contribution in [0.2, 0.25) is 10.0 Å². The average molecular weight is 306 g/mol. The lowest BCUT2D eigenvalue weighted by Gasteiger charge is -2.12. The van der Waals surface area contributed by atoms with Crippen molar-refractivity contribution in [1.29, 1.82) is 0 Å². The molecule has 0 aliphatic carbocycles. The topological polar surface area (TPSA) is 75.6 Å². The Kier molecular flexibility index (Phi) is 5.44. The highest BCUT2D eigenvalue weighted by molar-refractivity contribution is 6.38. The maximum absolute atomic E-state index is 11.5. The van der Waals surface area contributed by atoms with E-state index in [1.54, 1.807) is 0 Å². The Labute approximate surface area is 120 Å². The van der Waals surface area contributed by atoms with Gasteiger partial charge < -0.3 is 9.84 Å². The second-order valence-electron chi connectivity index (χ2n) is 4.20. The quantitative estimate of drug-likeness (QED) is 0.884. The van der Waals surface area contributed by atoms with E-state index < -0.39 is 12.1 Å². The molecule has 0 saturated carbocycles. The minimum atomic E-state index is -1.29. The molecule has 0 bridgehead atoms. The molecular formula is C12H13Cl2NO4. The smallest absolute Gasteiger partial charge is 0.411 e. The summed E-state index contributed by atoms with van der Waals surface area (Å²) in [6.07, 6.45) is -0.777. The van der Waals surface area contributed by atoms with Gasteiger partial charge in [-0.1, -0.05) is 37.0 Å². The molecule has 0 heterocycles. The fraction of sp³-hybridized carbons (Fsp3) is 0.333. The van der Waals surface area contributed by atoms with Gasteiger partial charge in [-0.05, 0) is 18.1 Å². The maximum Gasteiger partial charge on any atom is 0.411 e. The summed E-state index contributed by atoms with van der Waals surface area (Å²) in [5.74, 6) is -1.12. The zero-order valence-corrected chi connectivity index (χ0v) is 11.9. The SMILES string of the molecule is CC(C)COC(=O)Nc1c(Cl)ccc(Cl)c1C(=O)O. The minimum absolute atomic E-state index is 0.0175. The number of halogens is 2. The van der Waals surface area contributed by atoms with E-state index in [-0.39, 0.29) is 33.8 Å². The predicted octanol–water partition coefficient (Wildman–Crippen LogP) is 3.90. The number of anilines is 1. The van der Waals surface area contributed by atoms with Crippen LogP contribution in [0.15, 0.2) is 12.1 Å². The number of carbonyl (C=O) groups is 2. The van der Waals surface area contributed by atoms with E-state index in [0.29, 0.717) is 0 Å². The van der Waals surface area contributed by atoms with Crippen LogP contribution in [0, 0.1) is 5.92 Å². The van der Waals surface area contributed by atoms with E-state index in [4.69, 9.17) is 33.0 Å². The minimum Gasteiger partial charge on any atom is -0.478 e. The number of amides is 1. The lowest BCUT2D eigenvalue weighted by Crippen LogP contribution is -2.19. The number of ether oxygens (including phenoxy) is 1. The third-order valence-electron chi connectivity index (χ3n) is 2.09. The van der Waals surface area contributed by atoms with Crippen molar-refractivity contribution in [2.75, 3.05) is 11.9 Å². The van der Waals surface area contributed by atoms with Crippen LogP contribution in [0.1, 0.15) is 24.2 Å². The number of rotatable bonds is 4. The largest absolute Gasteiger partial charge is 0.478 e. The van der Waals surface area contributed by atoms with E-state index in [1.165, 1.54) is 12.1 Å². The number of nitrogens with one attached hydrogen (secondary N) is 1. The molecule has 1 rings (SSSR count). The van der Waals surface area contributed by atoms with Crippen LogP contribution >= 0.6 is 23.2 Å². The molecule has 5 nitrogen and oxygen atoms in total. The molecule has 0 radical (unpaired) electrons. The Bertz CT molecular complexity index is 503. The molecular weight excluding hydrogens is 293 g/mol. The summed E-state index contributed by atoms with van der Waals surface area (Å²) in [6, 6.07) is 2.74. The van der Waals surface area contributed by atoms with Crippen molar-refractivity contribution >= 4 is 41.0 Å². The standard InChI is InChI=1S/C12H13Cl2NO4/c1-6(2)5-19-12(18)15-10-8(14)4-3-7(13)9(10)11(16)17/h3-4,6H,5H2,1-2H3,(H,15,18)(H,16,17). The van der Waals surface area contributed by atoms with Gasteiger partial charge in [0.15, 0.2) is 0 Å². The van der Waals surface area contributed by atoms with Crippen LogP contribution in [-0.2, 0) is 4.74 Å². The Morgan fingerprint density at radius 2 is 1.89 bits per heavy atom. The Morgan fingerprint density at radius 1 is 1.32 bits per heavy atom.